The van der Waals surface area contributed by atoms with Crippen LogP contribution in [0.1, 0.15) is 39.3 Å². The Balaban J connectivity index is 0.00000132. The summed E-state index contributed by atoms with van der Waals surface area (Å²) in [5.41, 5.74) is 0.175. The third-order valence-electron chi connectivity index (χ3n) is 5.79. The third kappa shape index (κ3) is 4.85. The van der Waals surface area contributed by atoms with Crippen molar-refractivity contribution >= 4 is 30.8 Å². The number of nitrogens with one attached hydrogen (secondary N) is 1. The third-order valence-corrected chi connectivity index (χ3v) is 7.76. The summed E-state index contributed by atoms with van der Waals surface area (Å²) in [5, 5.41) is 13.2. The Bertz CT molecular complexity index is 956. The summed E-state index contributed by atoms with van der Waals surface area (Å²) < 4.78 is 46.1. The molecule has 2 fully saturated rings. The molecule has 0 saturated carbocycles. The van der Waals surface area contributed by atoms with Gasteiger partial charge in [0.15, 0.2) is 0 Å². The van der Waals surface area contributed by atoms with Crippen molar-refractivity contribution in [2.24, 2.45) is 0 Å². The van der Waals surface area contributed by atoms with Crippen molar-refractivity contribution in [2.75, 3.05) is 31.6 Å². The zero-order valence-corrected chi connectivity index (χ0v) is 19.9. The molecule has 1 N–H and O–H groups in total. The van der Waals surface area contributed by atoms with E-state index in [1.54, 1.807) is 23.6 Å². The number of nitriles is 1. The molecular formula is C21H28F3N5OSe. The van der Waals surface area contributed by atoms with Crippen LogP contribution < -0.4 is 9.78 Å². The average Bonchev–Trinajstić information content (AvgIpc) is 3.00. The van der Waals surface area contributed by atoms with Crippen LogP contribution in [-0.4, -0.2) is 71.9 Å². The van der Waals surface area contributed by atoms with Crippen LogP contribution in [0, 0.1) is 18.3 Å². The summed E-state index contributed by atoms with van der Waals surface area (Å²) in [6, 6.07) is 7.69. The predicted molar refractivity (Wildman–Crippen MR) is 115 cm³/mol. The van der Waals surface area contributed by atoms with E-state index in [9.17, 15) is 18.4 Å². The fourth-order valence-corrected chi connectivity index (χ4v) is 5.40. The molecule has 0 amide bonds. The second kappa shape index (κ2) is 8.99. The van der Waals surface area contributed by atoms with Gasteiger partial charge in [0.1, 0.15) is 0 Å². The van der Waals surface area contributed by atoms with Crippen molar-refractivity contribution in [1.29, 1.82) is 5.26 Å². The van der Waals surface area contributed by atoms with Gasteiger partial charge in [0.05, 0.1) is 0 Å². The van der Waals surface area contributed by atoms with Crippen LogP contribution >= 0.6 is 0 Å². The Morgan fingerprint density at radius 1 is 1.23 bits per heavy atom. The van der Waals surface area contributed by atoms with Crippen molar-refractivity contribution < 1.29 is 17.9 Å². The molecule has 31 heavy (non-hydrogen) atoms. The first-order valence-electron chi connectivity index (χ1n) is 10.4. The van der Waals surface area contributed by atoms with Gasteiger partial charge >= 0.3 is 173 Å². The van der Waals surface area contributed by atoms with Gasteiger partial charge in [-0.25, -0.2) is 0 Å². The molecule has 0 unspecified atom stereocenters. The molecule has 2 aromatic heterocycles. The van der Waals surface area contributed by atoms with Gasteiger partial charge in [-0.05, 0) is 0 Å². The number of rotatable bonds is 4. The number of halogens is 3. The molecule has 2 saturated heterocycles. The molecule has 0 aromatic carbocycles. The van der Waals surface area contributed by atoms with E-state index in [4.69, 9.17) is 4.74 Å². The van der Waals surface area contributed by atoms with Crippen molar-refractivity contribution in [3.63, 3.8) is 0 Å². The summed E-state index contributed by atoms with van der Waals surface area (Å²) in [7, 11) is 0. The number of piperidine rings is 1. The van der Waals surface area contributed by atoms with Crippen molar-refractivity contribution in [3.8, 4) is 6.07 Å². The van der Waals surface area contributed by atoms with Gasteiger partial charge in [-0.1, -0.05) is 13.8 Å². The summed E-state index contributed by atoms with van der Waals surface area (Å²) in [6.45, 7) is 10.2. The number of alkyl halides is 3. The summed E-state index contributed by atoms with van der Waals surface area (Å²) in [6.07, 6.45) is 1.62. The minimum atomic E-state index is -4.22. The number of likely N-dealkylation sites (tertiary alicyclic amines) is 1. The van der Waals surface area contributed by atoms with Crippen LogP contribution in [0.3, 0.4) is 0 Å². The zero-order valence-electron chi connectivity index (χ0n) is 18.2. The fourth-order valence-electron chi connectivity index (χ4n) is 3.97. The molecule has 0 spiro atoms. The first kappa shape index (κ1) is 23.9. The topological polar surface area (TPSA) is 65.6 Å². The Morgan fingerprint density at radius 3 is 2.39 bits per heavy atom. The van der Waals surface area contributed by atoms with Crippen LogP contribution in [0.4, 0.5) is 19.0 Å². The standard InChI is InChI=1S/C19H22F3N5OSe.C2H6/c1-13-16(29-19(20,21)22)14-4-3-5-15(27(14)25-13)24-17(2)6-8-26(9-7-17)18(10-23)11-28-12-18;1-2/h3-5,24H,6-9,11-12H2,1-2H3;1-2H3. The fraction of sp³-hybridized carbons (Fsp3) is 0.619. The number of aromatic nitrogens is 2. The van der Waals surface area contributed by atoms with Gasteiger partial charge in [0.25, 0.3) is 0 Å². The van der Waals surface area contributed by atoms with Crippen molar-refractivity contribution in [3.05, 3.63) is 23.9 Å². The molecule has 4 heterocycles. The number of nitrogens with zero attached hydrogens (tertiary/aromatic N) is 4. The maximum atomic E-state index is 13.0. The van der Waals surface area contributed by atoms with Crippen molar-refractivity contribution in [1.82, 2.24) is 14.5 Å². The quantitative estimate of drug-likeness (QED) is 0.652. The van der Waals surface area contributed by atoms with Crippen LogP contribution in [0.15, 0.2) is 18.2 Å². The molecule has 2 aliphatic rings. The zero-order chi connectivity index (χ0) is 22.9. The van der Waals surface area contributed by atoms with Gasteiger partial charge in [-0.2, -0.15) is 0 Å². The monoisotopic (exact) mass is 503 g/mol. The summed E-state index contributed by atoms with van der Waals surface area (Å²) in [4.78, 5) is 2.18. The first-order chi connectivity index (χ1) is 14.6. The molecule has 2 aliphatic heterocycles. The van der Waals surface area contributed by atoms with Crippen molar-refractivity contribution in [2.45, 2.75) is 56.7 Å². The van der Waals surface area contributed by atoms with Crippen LogP contribution in [0.5, 0.6) is 0 Å². The summed E-state index contributed by atoms with van der Waals surface area (Å²) >= 11 is -1.64. The SMILES string of the molecule is CC.Cc1nn2c(NC3(C)CCN(C4(C#N)COC4)CC3)cccc2c1[Se]C(F)(F)F. The maximum absolute atomic E-state index is 13.0. The van der Waals surface area contributed by atoms with Crippen LogP contribution in [0.25, 0.3) is 5.52 Å². The molecular weight excluding hydrogens is 474 g/mol. The predicted octanol–water partition coefficient (Wildman–Crippen LogP) is 3.08. The molecule has 6 nitrogen and oxygen atoms in total. The molecule has 0 atom stereocenters. The number of hydrogen-bond donors (Lipinski definition) is 1. The normalized spacial score (nSPS) is 20.3. The Hall–Kier alpha value is -1.79. The number of anilines is 1. The second-order valence-corrected chi connectivity index (χ2v) is 10.2. The molecule has 0 aliphatic carbocycles. The number of aryl methyl sites for hydroxylation is 1. The van der Waals surface area contributed by atoms with Gasteiger partial charge < -0.3 is 0 Å². The van der Waals surface area contributed by atoms with Crippen LogP contribution in [-0.2, 0) is 4.74 Å². The Morgan fingerprint density at radius 2 is 1.87 bits per heavy atom. The number of hydrogen-bond acceptors (Lipinski definition) is 5. The molecule has 10 heteroatoms. The van der Waals surface area contributed by atoms with E-state index in [0.717, 1.165) is 25.9 Å². The number of fused-ring (bicyclic) bond motifs is 1. The molecule has 170 valence electrons. The van der Waals surface area contributed by atoms with E-state index in [1.807, 2.05) is 19.9 Å². The van der Waals surface area contributed by atoms with Gasteiger partial charge in [-0.3, -0.25) is 0 Å². The average molecular weight is 502 g/mol. The van der Waals surface area contributed by atoms with E-state index < -0.39 is 25.6 Å². The number of pyridine rings is 1. The number of ether oxygens (including phenoxy) is 1. The van der Waals surface area contributed by atoms with E-state index in [1.165, 1.54) is 0 Å². The van der Waals surface area contributed by atoms with E-state index in [0.29, 0.717) is 30.2 Å². The van der Waals surface area contributed by atoms with E-state index in [-0.39, 0.29) is 10.0 Å². The van der Waals surface area contributed by atoms with Gasteiger partial charge in [0.2, 0.25) is 0 Å². The first-order valence-corrected chi connectivity index (χ1v) is 12.1. The molecule has 0 radical (unpaired) electrons. The second-order valence-electron chi connectivity index (χ2n) is 7.98. The minimum absolute atomic E-state index is 0.235. The Kier molecular flexibility index (Phi) is 6.92. The molecule has 0 bridgehead atoms. The molecule has 4 rings (SSSR count). The van der Waals surface area contributed by atoms with E-state index >= 15 is 0 Å². The van der Waals surface area contributed by atoms with Gasteiger partial charge in [-0.15, -0.1) is 0 Å². The Labute approximate surface area is 186 Å². The molecule has 2 aromatic rings. The summed E-state index contributed by atoms with van der Waals surface area (Å²) in [5.74, 6) is 0.688. The van der Waals surface area contributed by atoms with E-state index in [2.05, 4.69) is 28.3 Å². The van der Waals surface area contributed by atoms with Crippen LogP contribution in [0.2, 0.25) is 0 Å². The van der Waals surface area contributed by atoms with Gasteiger partial charge in [0, 0.05) is 0 Å².